The van der Waals surface area contributed by atoms with Crippen molar-refractivity contribution in [2.24, 2.45) is 10.8 Å². The van der Waals surface area contributed by atoms with Crippen LogP contribution in [-0.4, -0.2) is 36.0 Å². The van der Waals surface area contributed by atoms with Gasteiger partial charge in [-0.25, -0.2) is 0 Å². The molecule has 1 aliphatic heterocycles. The number of hydrogen-bond acceptors (Lipinski definition) is 6. The molecule has 3 aliphatic rings. The van der Waals surface area contributed by atoms with Gasteiger partial charge in [0.25, 0.3) is 0 Å². The van der Waals surface area contributed by atoms with Crippen molar-refractivity contribution in [3.63, 3.8) is 0 Å². The summed E-state index contributed by atoms with van der Waals surface area (Å²) in [6, 6.07) is 8.21. The highest BCUT2D eigenvalue weighted by Gasteiger charge is 2.33. The molecule has 0 aromatic carbocycles. The van der Waals surface area contributed by atoms with Crippen molar-refractivity contribution in [2.45, 2.75) is 53.4 Å². The Labute approximate surface area is 191 Å². The SMILES string of the molecule is CC1(C)CC(N2CCN(C3=CC(=C(C#N)C#N)CC(C)(C)C3)CC2)=CC(=C(C#N)C#N)C1. The van der Waals surface area contributed by atoms with E-state index in [4.69, 9.17) is 0 Å². The first kappa shape index (κ1) is 23.2. The molecule has 32 heavy (non-hydrogen) atoms. The Kier molecular flexibility index (Phi) is 6.48. The van der Waals surface area contributed by atoms with Crippen molar-refractivity contribution in [3.8, 4) is 24.3 Å². The van der Waals surface area contributed by atoms with Crippen molar-refractivity contribution >= 4 is 0 Å². The molecule has 1 heterocycles. The third kappa shape index (κ3) is 5.04. The van der Waals surface area contributed by atoms with Gasteiger partial charge in [0, 0.05) is 37.6 Å². The maximum absolute atomic E-state index is 9.33. The van der Waals surface area contributed by atoms with Gasteiger partial charge >= 0.3 is 0 Å². The summed E-state index contributed by atoms with van der Waals surface area (Å²) in [7, 11) is 0. The maximum atomic E-state index is 9.33. The van der Waals surface area contributed by atoms with Crippen molar-refractivity contribution in [3.05, 3.63) is 45.8 Å². The van der Waals surface area contributed by atoms with E-state index in [9.17, 15) is 21.0 Å². The van der Waals surface area contributed by atoms with Crippen LogP contribution >= 0.6 is 0 Å². The monoisotopic (exact) mass is 426 g/mol. The first-order valence-electron chi connectivity index (χ1n) is 11.1. The quantitative estimate of drug-likeness (QED) is 0.593. The number of nitrogens with zero attached hydrogens (tertiary/aromatic N) is 6. The minimum Gasteiger partial charge on any atom is -0.371 e. The van der Waals surface area contributed by atoms with Gasteiger partial charge in [-0.05, 0) is 59.8 Å². The van der Waals surface area contributed by atoms with Gasteiger partial charge in [-0.1, -0.05) is 27.7 Å². The minimum atomic E-state index is 0.0100. The summed E-state index contributed by atoms with van der Waals surface area (Å²) in [5, 5.41) is 37.3. The van der Waals surface area contributed by atoms with Crippen LogP contribution in [0.15, 0.2) is 45.8 Å². The molecule has 0 saturated carbocycles. The normalized spacial score (nSPS) is 21.9. The van der Waals surface area contributed by atoms with Crippen LogP contribution in [0.2, 0.25) is 0 Å². The molecule has 2 aliphatic carbocycles. The summed E-state index contributed by atoms with van der Waals surface area (Å²) in [6.45, 7) is 12.2. The summed E-state index contributed by atoms with van der Waals surface area (Å²) in [4.78, 5) is 4.76. The van der Waals surface area contributed by atoms with E-state index in [2.05, 4.69) is 73.9 Å². The molecule has 0 spiro atoms. The van der Waals surface area contributed by atoms with Crippen LogP contribution < -0.4 is 0 Å². The molecule has 0 amide bonds. The first-order chi connectivity index (χ1) is 15.1. The zero-order valence-electron chi connectivity index (χ0n) is 19.5. The average Bonchev–Trinajstić information content (AvgIpc) is 2.73. The van der Waals surface area contributed by atoms with Gasteiger partial charge in [0.2, 0.25) is 0 Å². The molecule has 0 bridgehead atoms. The Bertz CT molecular complexity index is 957. The highest BCUT2D eigenvalue weighted by Crippen LogP contribution is 2.42. The minimum absolute atomic E-state index is 0.0100. The summed E-state index contributed by atoms with van der Waals surface area (Å²) in [5.41, 5.74) is 4.54. The van der Waals surface area contributed by atoms with Gasteiger partial charge < -0.3 is 9.80 Å². The molecule has 1 fully saturated rings. The second kappa shape index (κ2) is 8.94. The molecule has 0 aromatic heterocycles. The summed E-state index contributed by atoms with van der Waals surface area (Å²) >= 11 is 0. The fourth-order valence-corrected chi connectivity index (χ4v) is 5.09. The number of nitriles is 4. The number of piperazine rings is 1. The Morgan fingerprint density at radius 3 is 1.22 bits per heavy atom. The average molecular weight is 427 g/mol. The van der Waals surface area contributed by atoms with E-state index in [0.29, 0.717) is 0 Å². The van der Waals surface area contributed by atoms with Crippen LogP contribution in [0.5, 0.6) is 0 Å². The molecule has 1 saturated heterocycles. The Morgan fingerprint density at radius 1 is 0.625 bits per heavy atom. The third-order valence-electron chi connectivity index (χ3n) is 6.52. The summed E-state index contributed by atoms with van der Waals surface area (Å²) in [5.74, 6) is 0. The Balaban J connectivity index is 1.81. The summed E-state index contributed by atoms with van der Waals surface area (Å²) < 4.78 is 0. The number of hydrogen-bond donors (Lipinski definition) is 0. The lowest BCUT2D eigenvalue weighted by Gasteiger charge is -2.45. The number of allylic oxidation sites excluding steroid dienone is 8. The molecule has 3 rings (SSSR count). The second-order valence-corrected chi connectivity index (χ2v) is 10.5. The lowest BCUT2D eigenvalue weighted by Crippen LogP contribution is -2.47. The zero-order valence-corrected chi connectivity index (χ0v) is 19.5. The van der Waals surface area contributed by atoms with E-state index in [1.807, 2.05) is 0 Å². The van der Waals surface area contributed by atoms with Gasteiger partial charge in [0.05, 0.1) is 0 Å². The van der Waals surface area contributed by atoms with Crippen molar-refractivity contribution in [1.82, 2.24) is 9.80 Å². The second-order valence-electron chi connectivity index (χ2n) is 10.5. The van der Waals surface area contributed by atoms with Crippen molar-refractivity contribution in [1.29, 1.82) is 21.0 Å². The fraction of sp³-hybridized carbons (Fsp3) is 0.538. The molecule has 164 valence electrons. The molecule has 0 N–H and O–H groups in total. The van der Waals surface area contributed by atoms with Crippen molar-refractivity contribution in [2.75, 3.05) is 26.2 Å². The third-order valence-corrected chi connectivity index (χ3v) is 6.52. The number of rotatable bonds is 2. The molecule has 0 atom stereocenters. The van der Waals surface area contributed by atoms with E-state index in [0.717, 1.165) is 63.0 Å². The topological polar surface area (TPSA) is 102 Å². The Morgan fingerprint density at radius 2 is 0.938 bits per heavy atom. The lowest BCUT2D eigenvalue weighted by atomic mass is 9.75. The van der Waals surface area contributed by atoms with Crippen LogP contribution in [0, 0.1) is 56.2 Å². The van der Waals surface area contributed by atoms with Gasteiger partial charge in [-0.2, -0.15) is 21.0 Å². The smallest absolute Gasteiger partial charge is 0.132 e. The largest absolute Gasteiger partial charge is 0.371 e. The first-order valence-corrected chi connectivity index (χ1v) is 11.1. The predicted molar refractivity (Wildman–Crippen MR) is 122 cm³/mol. The van der Waals surface area contributed by atoms with E-state index < -0.39 is 0 Å². The standard InChI is InChI=1S/C26H30N6/c1-25(2)11-19(21(15-27)16-28)9-23(13-25)31-5-7-32(8-6-31)24-10-20(22(17-29)18-30)12-26(3,4)14-24/h9-10H,5-8,11-14H2,1-4H3. The molecule has 6 heteroatoms. The lowest BCUT2D eigenvalue weighted by molar-refractivity contribution is 0.158. The zero-order chi connectivity index (χ0) is 23.5. The van der Waals surface area contributed by atoms with Gasteiger partial charge in [-0.3, -0.25) is 0 Å². The van der Waals surface area contributed by atoms with Crippen LogP contribution in [0.1, 0.15) is 53.4 Å². The van der Waals surface area contributed by atoms with Gasteiger partial charge in [0.1, 0.15) is 35.4 Å². The van der Waals surface area contributed by atoms with Crippen LogP contribution in [0.4, 0.5) is 0 Å². The highest BCUT2D eigenvalue weighted by molar-refractivity contribution is 5.48. The van der Waals surface area contributed by atoms with E-state index in [1.54, 1.807) is 0 Å². The molecular formula is C26H30N6. The van der Waals surface area contributed by atoms with Gasteiger partial charge in [0.15, 0.2) is 0 Å². The predicted octanol–water partition coefficient (Wildman–Crippen LogP) is 4.70. The fourth-order valence-electron chi connectivity index (χ4n) is 5.09. The van der Waals surface area contributed by atoms with E-state index >= 15 is 0 Å². The molecule has 0 radical (unpaired) electrons. The molecule has 6 nitrogen and oxygen atoms in total. The molecule has 0 unspecified atom stereocenters. The van der Waals surface area contributed by atoms with E-state index in [-0.39, 0.29) is 22.0 Å². The summed E-state index contributed by atoms with van der Waals surface area (Å²) in [6.07, 6.45) is 7.44. The maximum Gasteiger partial charge on any atom is 0.132 e. The molecular weight excluding hydrogens is 396 g/mol. The Hall–Kier alpha value is -3.48. The molecule has 0 aromatic rings. The highest BCUT2D eigenvalue weighted by atomic mass is 15.3. The van der Waals surface area contributed by atoms with Gasteiger partial charge in [-0.15, -0.1) is 0 Å². The van der Waals surface area contributed by atoms with Crippen LogP contribution in [-0.2, 0) is 0 Å². The van der Waals surface area contributed by atoms with Crippen LogP contribution in [0.3, 0.4) is 0 Å². The van der Waals surface area contributed by atoms with Crippen LogP contribution in [0.25, 0.3) is 0 Å². The van der Waals surface area contributed by atoms with Crippen molar-refractivity contribution < 1.29 is 0 Å². The van der Waals surface area contributed by atoms with E-state index in [1.165, 1.54) is 11.4 Å².